The van der Waals surface area contributed by atoms with Crippen LogP contribution in [0.5, 0.6) is 0 Å². The number of methoxy groups -OCH3 is 1. The Kier molecular flexibility index (Phi) is 6.69. The molecule has 0 aliphatic carbocycles. The molecule has 0 heterocycles. The van der Waals surface area contributed by atoms with Crippen molar-refractivity contribution >= 4 is 15.7 Å². The summed E-state index contributed by atoms with van der Waals surface area (Å²) in [6.45, 7) is 0.152. The highest BCUT2D eigenvalue weighted by Crippen LogP contribution is 2.19. The number of hydrogen-bond acceptors (Lipinski definition) is 6. The number of para-hydroxylation sites is 1. The number of nitro groups is 1. The predicted octanol–water partition coefficient (Wildman–Crippen LogP) is 0.412. The van der Waals surface area contributed by atoms with Crippen molar-refractivity contribution in [2.24, 2.45) is 0 Å². The molecule has 1 aromatic rings. The smallest absolute Gasteiger partial charge is 0.273 e. The molecule has 1 unspecified atom stereocenters. The Morgan fingerprint density at radius 3 is 2.71 bits per heavy atom. The monoisotopic (exact) mass is 318 g/mol. The van der Waals surface area contributed by atoms with Gasteiger partial charge in [-0.05, 0) is 6.42 Å². The van der Waals surface area contributed by atoms with Gasteiger partial charge in [0.15, 0.2) is 0 Å². The van der Waals surface area contributed by atoms with E-state index in [-0.39, 0.29) is 30.8 Å². The number of nitro benzene ring substituents is 1. The molecule has 0 saturated carbocycles. The van der Waals surface area contributed by atoms with Crippen LogP contribution in [0, 0.1) is 10.1 Å². The van der Waals surface area contributed by atoms with E-state index in [1.807, 2.05) is 0 Å². The average Bonchev–Trinajstić information content (AvgIpc) is 2.38. The molecule has 0 spiro atoms. The second-order valence-electron chi connectivity index (χ2n) is 4.44. The van der Waals surface area contributed by atoms with Gasteiger partial charge in [-0.1, -0.05) is 18.2 Å². The van der Waals surface area contributed by atoms with Gasteiger partial charge in [0.25, 0.3) is 5.69 Å². The minimum Gasteiger partial charge on any atom is -0.391 e. The molecular weight excluding hydrogens is 300 g/mol. The molecule has 1 aromatic carbocycles. The summed E-state index contributed by atoms with van der Waals surface area (Å²) in [5, 5.41) is 20.2. The Balaban J connectivity index is 2.63. The molecule has 2 N–H and O–H groups in total. The molecule has 0 aliphatic heterocycles. The number of aliphatic hydroxyl groups excluding tert-OH is 1. The van der Waals surface area contributed by atoms with E-state index in [9.17, 15) is 23.6 Å². The molecule has 1 atom stereocenters. The van der Waals surface area contributed by atoms with Gasteiger partial charge in [0.2, 0.25) is 10.0 Å². The van der Waals surface area contributed by atoms with Gasteiger partial charge >= 0.3 is 0 Å². The van der Waals surface area contributed by atoms with E-state index in [0.717, 1.165) is 0 Å². The minimum absolute atomic E-state index is 0.0352. The molecule has 0 radical (unpaired) electrons. The van der Waals surface area contributed by atoms with Crippen molar-refractivity contribution in [3.63, 3.8) is 0 Å². The van der Waals surface area contributed by atoms with Gasteiger partial charge in [-0.2, -0.15) is 0 Å². The highest BCUT2D eigenvalue weighted by atomic mass is 32.2. The molecule has 8 nitrogen and oxygen atoms in total. The third-order valence-electron chi connectivity index (χ3n) is 2.69. The van der Waals surface area contributed by atoms with Gasteiger partial charge in [0, 0.05) is 25.3 Å². The van der Waals surface area contributed by atoms with Crippen molar-refractivity contribution in [2.75, 3.05) is 20.3 Å². The standard InChI is InChI=1S/C12H18N2O6S/c1-20-8-11(15)6-7-13-21(18,19)9-10-4-2-3-5-12(10)14(16)17/h2-5,11,13,15H,6-9H2,1H3. The Morgan fingerprint density at radius 1 is 1.43 bits per heavy atom. The van der Waals surface area contributed by atoms with Crippen LogP contribution in [0.4, 0.5) is 5.69 Å². The van der Waals surface area contributed by atoms with Crippen molar-refractivity contribution in [3.8, 4) is 0 Å². The van der Waals surface area contributed by atoms with Crippen LogP contribution in [0.2, 0.25) is 0 Å². The van der Waals surface area contributed by atoms with E-state index < -0.39 is 26.8 Å². The maximum absolute atomic E-state index is 11.9. The lowest BCUT2D eigenvalue weighted by atomic mass is 10.2. The van der Waals surface area contributed by atoms with Crippen molar-refractivity contribution in [2.45, 2.75) is 18.3 Å². The molecule has 9 heteroatoms. The van der Waals surface area contributed by atoms with Crippen LogP contribution in [0.3, 0.4) is 0 Å². The zero-order valence-corrected chi connectivity index (χ0v) is 12.4. The van der Waals surface area contributed by atoms with E-state index in [2.05, 4.69) is 4.72 Å². The Morgan fingerprint density at radius 2 is 2.10 bits per heavy atom. The van der Waals surface area contributed by atoms with Crippen LogP contribution in [-0.4, -0.2) is 44.8 Å². The first-order chi connectivity index (χ1) is 9.85. The Hall–Kier alpha value is -1.55. The maximum Gasteiger partial charge on any atom is 0.273 e. The predicted molar refractivity (Wildman–Crippen MR) is 76.2 cm³/mol. The summed E-state index contributed by atoms with van der Waals surface area (Å²) >= 11 is 0. The number of ether oxygens (including phenoxy) is 1. The molecule has 118 valence electrons. The maximum atomic E-state index is 11.9. The lowest BCUT2D eigenvalue weighted by Gasteiger charge is -2.10. The van der Waals surface area contributed by atoms with Crippen LogP contribution in [0.25, 0.3) is 0 Å². The SMILES string of the molecule is COCC(O)CCNS(=O)(=O)Cc1ccccc1[N+](=O)[O-]. The minimum atomic E-state index is -3.71. The first-order valence-electron chi connectivity index (χ1n) is 6.22. The summed E-state index contributed by atoms with van der Waals surface area (Å²) in [6, 6.07) is 5.67. The number of nitrogens with one attached hydrogen (secondary N) is 1. The van der Waals surface area contributed by atoms with Crippen LogP contribution in [0.1, 0.15) is 12.0 Å². The summed E-state index contributed by atoms with van der Waals surface area (Å²) in [7, 11) is -2.28. The molecular formula is C12H18N2O6S. The second-order valence-corrected chi connectivity index (χ2v) is 6.24. The summed E-state index contributed by atoms with van der Waals surface area (Å²) in [4.78, 5) is 10.2. The van der Waals surface area contributed by atoms with Gasteiger partial charge in [0.1, 0.15) is 0 Å². The number of nitrogens with zero attached hydrogens (tertiary/aromatic N) is 1. The second kappa shape index (κ2) is 8.03. The van der Waals surface area contributed by atoms with Crippen molar-refractivity contribution in [1.82, 2.24) is 4.72 Å². The number of hydrogen-bond donors (Lipinski definition) is 2. The summed E-state index contributed by atoms with van der Waals surface area (Å²) in [5.74, 6) is -0.482. The fourth-order valence-corrected chi connectivity index (χ4v) is 2.91. The molecule has 0 bridgehead atoms. The molecule has 0 amide bonds. The van der Waals surface area contributed by atoms with Gasteiger partial charge in [-0.3, -0.25) is 10.1 Å². The molecule has 0 aliphatic rings. The van der Waals surface area contributed by atoms with Gasteiger partial charge < -0.3 is 9.84 Å². The Labute approximate surface area is 122 Å². The molecule has 1 rings (SSSR count). The van der Waals surface area contributed by atoms with E-state index in [0.29, 0.717) is 0 Å². The molecule has 0 aromatic heterocycles. The quantitative estimate of drug-likeness (QED) is 0.503. The van der Waals surface area contributed by atoms with Crippen LogP contribution in [0.15, 0.2) is 24.3 Å². The lowest BCUT2D eigenvalue weighted by Crippen LogP contribution is -2.29. The largest absolute Gasteiger partial charge is 0.391 e. The van der Waals surface area contributed by atoms with E-state index >= 15 is 0 Å². The first-order valence-corrected chi connectivity index (χ1v) is 7.87. The fourth-order valence-electron chi connectivity index (χ4n) is 1.72. The van der Waals surface area contributed by atoms with E-state index in [1.54, 1.807) is 6.07 Å². The number of rotatable bonds is 9. The molecule has 21 heavy (non-hydrogen) atoms. The fraction of sp³-hybridized carbons (Fsp3) is 0.500. The lowest BCUT2D eigenvalue weighted by molar-refractivity contribution is -0.385. The number of aliphatic hydroxyl groups is 1. The van der Waals surface area contributed by atoms with Gasteiger partial charge in [0.05, 0.1) is 23.4 Å². The third kappa shape index (κ3) is 6.17. The zero-order chi connectivity index (χ0) is 15.9. The molecule has 0 fully saturated rings. The summed E-state index contributed by atoms with van der Waals surface area (Å²) in [5.41, 5.74) is -0.116. The van der Waals surface area contributed by atoms with Gasteiger partial charge in [-0.25, -0.2) is 13.1 Å². The van der Waals surface area contributed by atoms with E-state index in [1.165, 1.54) is 25.3 Å². The first kappa shape index (κ1) is 17.5. The van der Waals surface area contributed by atoms with Crippen LogP contribution < -0.4 is 4.72 Å². The van der Waals surface area contributed by atoms with Crippen LogP contribution >= 0.6 is 0 Å². The van der Waals surface area contributed by atoms with Crippen molar-refractivity contribution in [1.29, 1.82) is 0 Å². The summed E-state index contributed by atoms with van der Waals surface area (Å²) in [6.07, 6.45) is -0.562. The normalized spacial score (nSPS) is 13.0. The topological polar surface area (TPSA) is 119 Å². The highest BCUT2D eigenvalue weighted by molar-refractivity contribution is 7.88. The number of sulfonamides is 1. The molecule has 0 saturated heterocycles. The third-order valence-corrected chi connectivity index (χ3v) is 4.03. The highest BCUT2D eigenvalue weighted by Gasteiger charge is 2.19. The van der Waals surface area contributed by atoms with Crippen LogP contribution in [-0.2, 0) is 20.5 Å². The van der Waals surface area contributed by atoms with Crippen molar-refractivity contribution in [3.05, 3.63) is 39.9 Å². The van der Waals surface area contributed by atoms with Crippen molar-refractivity contribution < 1.29 is 23.2 Å². The summed E-state index contributed by atoms with van der Waals surface area (Å²) < 4.78 is 30.8. The average molecular weight is 318 g/mol. The van der Waals surface area contributed by atoms with Gasteiger partial charge in [-0.15, -0.1) is 0 Å². The van der Waals surface area contributed by atoms with E-state index in [4.69, 9.17) is 4.74 Å². The Bertz CT molecular complexity index is 575. The zero-order valence-electron chi connectivity index (χ0n) is 11.6. The number of benzene rings is 1.